The molecule has 1 unspecified atom stereocenters. The van der Waals surface area contributed by atoms with E-state index in [0.717, 1.165) is 23.1 Å². The first-order chi connectivity index (χ1) is 7.56. The summed E-state index contributed by atoms with van der Waals surface area (Å²) >= 11 is 0. The molecule has 1 amide bonds. The summed E-state index contributed by atoms with van der Waals surface area (Å²) in [4.78, 5) is 12.0. The summed E-state index contributed by atoms with van der Waals surface area (Å²) in [6.07, 6.45) is 0.802. The summed E-state index contributed by atoms with van der Waals surface area (Å²) in [5.74, 6) is -0.00319. The maximum atomic E-state index is 12.0. The standard InChI is InChI=1S/C13H20N2O/c1-9-5-4-6-10(2)12(9)13(16)15-11(3)7-8-14/h4-6,11H,7-8,14H2,1-3H3,(H,15,16). The van der Waals surface area contributed by atoms with E-state index in [9.17, 15) is 4.79 Å². The minimum Gasteiger partial charge on any atom is -0.350 e. The monoisotopic (exact) mass is 220 g/mol. The van der Waals surface area contributed by atoms with Crippen molar-refractivity contribution in [1.29, 1.82) is 0 Å². The molecule has 0 bridgehead atoms. The number of amides is 1. The van der Waals surface area contributed by atoms with Gasteiger partial charge < -0.3 is 11.1 Å². The van der Waals surface area contributed by atoms with Gasteiger partial charge in [0.05, 0.1) is 0 Å². The molecule has 0 aliphatic carbocycles. The zero-order valence-electron chi connectivity index (χ0n) is 10.2. The Morgan fingerprint density at radius 3 is 2.44 bits per heavy atom. The Hall–Kier alpha value is -1.35. The van der Waals surface area contributed by atoms with Crippen molar-refractivity contribution >= 4 is 5.91 Å². The molecule has 0 aromatic heterocycles. The molecule has 3 heteroatoms. The first kappa shape index (κ1) is 12.7. The zero-order chi connectivity index (χ0) is 12.1. The molecule has 0 saturated heterocycles. The number of hydrogen-bond donors (Lipinski definition) is 2. The van der Waals surface area contributed by atoms with E-state index in [0.29, 0.717) is 6.54 Å². The first-order valence-corrected chi connectivity index (χ1v) is 5.63. The Morgan fingerprint density at radius 2 is 1.94 bits per heavy atom. The Bertz CT molecular complexity index is 354. The highest BCUT2D eigenvalue weighted by molar-refractivity contribution is 5.97. The van der Waals surface area contributed by atoms with Gasteiger partial charge in [0.25, 0.3) is 5.91 Å². The van der Waals surface area contributed by atoms with Gasteiger partial charge in [0.2, 0.25) is 0 Å². The number of aryl methyl sites for hydroxylation is 2. The molecule has 0 radical (unpaired) electrons. The summed E-state index contributed by atoms with van der Waals surface area (Å²) in [6, 6.07) is 5.99. The molecule has 0 saturated carbocycles. The van der Waals surface area contributed by atoms with Crippen LogP contribution in [0.15, 0.2) is 18.2 Å². The number of carbonyl (C=O) groups is 1. The maximum absolute atomic E-state index is 12.0. The summed E-state index contributed by atoms with van der Waals surface area (Å²) in [7, 11) is 0. The molecule has 3 N–H and O–H groups in total. The molecule has 1 aromatic carbocycles. The van der Waals surface area contributed by atoms with Gasteiger partial charge in [-0.1, -0.05) is 18.2 Å². The van der Waals surface area contributed by atoms with Crippen molar-refractivity contribution in [3.8, 4) is 0 Å². The Labute approximate surface area is 97.0 Å². The third kappa shape index (κ3) is 3.07. The summed E-state index contributed by atoms with van der Waals surface area (Å²) < 4.78 is 0. The average molecular weight is 220 g/mol. The largest absolute Gasteiger partial charge is 0.350 e. The van der Waals surface area contributed by atoms with Gasteiger partial charge in [-0.25, -0.2) is 0 Å². The fourth-order valence-corrected chi connectivity index (χ4v) is 1.79. The lowest BCUT2D eigenvalue weighted by Crippen LogP contribution is -2.34. The van der Waals surface area contributed by atoms with Gasteiger partial charge in [0, 0.05) is 11.6 Å². The van der Waals surface area contributed by atoms with E-state index in [2.05, 4.69) is 5.32 Å². The molecule has 1 aromatic rings. The normalized spacial score (nSPS) is 12.2. The second-order valence-electron chi connectivity index (χ2n) is 4.22. The lowest BCUT2D eigenvalue weighted by Gasteiger charge is -2.15. The highest BCUT2D eigenvalue weighted by Crippen LogP contribution is 2.13. The molecule has 0 heterocycles. The number of nitrogens with one attached hydrogen (secondary N) is 1. The van der Waals surface area contributed by atoms with Crippen LogP contribution in [-0.2, 0) is 0 Å². The molecule has 1 rings (SSSR count). The molecule has 0 aliphatic rings. The highest BCUT2D eigenvalue weighted by Gasteiger charge is 2.13. The Morgan fingerprint density at radius 1 is 1.38 bits per heavy atom. The van der Waals surface area contributed by atoms with Crippen molar-refractivity contribution in [3.63, 3.8) is 0 Å². The smallest absolute Gasteiger partial charge is 0.252 e. The van der Waals surface area contributed by atoms with Crippen LogP contribution in [-0.4, -0.2) is 18.5 Å². The van der Waals surface area contributed by atoms with Crippen molar-refractivity contribution in [2.75, 3.05) is 6.54 Å². The molecule has 0 aliphatic heterocycles. The van der Waals surface area contributed by atoms with Crippen molar-refractivity contribution in [3.05, 3.63) is 34.9 Å². The molecule has 1 atom stereocenters. The van der Waals surface area contributed by atoms with Crippen LogP contribution in [0.3, 0.4) is 0 Å². The van der Waals surface area contributed by atoms with E-state index in [1.807, 2.05) is 39.0 Å². The highest BCUT2D eigenvalue weighted by atomic mass is 16.1. The van der Waals surface area contributed by atoms with Crippen molar-refractivity contribution in [1.82, 2.24) is 5.32 Å². The lowest BCUT2D eigenvalue weighted by molar-refractivity contribution is 0.0937. The molecule has 0 spiro atoms. The van der Waals surface area contributed by atoms with E-state index in [-0.39, 0.29) is 11.9 Å². The quantitative estimate of drug-likeness (QED) is 0.812. The predicted molar refractivity (Wildman–Crippen MR) is 66.5 cm³/mol. The van der Waals surface area contributed by atoms with E-state index in [1.54, 1.807) is 0 Å². The van der Waals surface area contributed by atoms with Crippen LogP contribution in [0, 0.1) is 13.8 Å². The maximum Gasteiger partial charge on any atom is 0.252 e. The summed E-state index contributed by atoms with van der Waals surface area (Å²) in [5, 5.41) is 2.96. The van der Waals surface area contributed by atoms with Crippen molar-refractivity contribution in [2.24, 2.45) is 5.73 Å². The topological polar surface area (TPSA) is 55.1 Å². The van der Waals surface area contributed by atoms with Gasteiger partial charge >= 0.3 is 0 Å². The average Bonchev–Trinajstić information content (AvgIpc) is 2.17. The molecule has 88 valence electrons. The molecular weight excluding hydrogens is 200 g/mol. The van der Waals surface area contributed by atoms with Crippen LogP contribution in [0.25, 0.3) is 0 Å². The van der Waals surface area contributed by atoms with Gasteiger partial charge in [0.1, 0.15) is 0 Å². The van der Waals surface area contributed by atoms with Gasteiger partial charge in [-0.15, -0.1) is 0 Å². The molecule has 3 nitrogen and oxygen atoms in total. The fraction of sp³-hybridized carbons (Fsp3) is 0.462. The van der Waals surface area contributed by atoms with Gasteiger partial charge in [-0.3, -0.25) is 4.79 Å². The van der Waals surface area contributed by atoms with Crippen LogP contribution < -0.4 is 11.1 Å². The number of nitrogens with two attached hydrogens (primary N) is 1. The van der Waals surface area contributed by atoms with E-state index in [1.165, 1.54) is 0 Å². The van der Waals surface area contributed by atoms with E-state index >= 15 is 0 Å². The third-order valence-electron chi connectivity index (χ3n) is 2.69. The van der Waals surface area contributed by atoms with Crippen LogP contribution in [0.1, 0.15) is 34.8 Å². The number of rotatable bonds is 4. The van der Waals surface area contributed by atoms with Crippen LogP contribution in [0.4, 0.5) is 0 Å². The lowest BCUT2D eigenvalue weighted by atomic mass is 10.0. The third-order valence-corrected chi connectivity index (χ3v) is 2.69. The van der Waals surface area contributed by atoms with Gasteiger partial charge in [-0.2, -0.15) is 0 Å². The second kappa shape index (κ2) is 5.66. The minimum absolute atomic E-state index is 0.00319. The van der Waals surface area contributed by atoms with Crippen LogP contribution in [0.2, 0.25) is 0 Å². The van der Waals surface area contributed by atoms with E-state index < -0.39 is 0 Å². The SMILES string of the molecule is Cc1cccc(C)c1C(=O)NC(C)CCN. The first-order valence-electron chi connectivity index (χ1n) is 5.63. The molecular formula is C13H20N2O. The number of benzene rings is 1. The van der Waals surface area contributed by atoms with Crippen LogP contribution in [0.5, 0.6) is 0 Å². The summed E-state index contributed by atoms with van der Waals surface area (Å²) in [6.45, 7) is 6.47. The van der Waals surface area contributed by atoms with Crippen molar-refractivity contribution in [2.45, 2.75) is 33.2 Å². The minimum atomic E-state index is -0.00319. The zero-order valence-corrected chi connectivity index (χ0v) is 10.2. The van der Waals surface area contributed by atoms with Gasteiger partial charge in [0.15, 0.2) is 0 Å². The predicted octanol–water partition coefficient (Wildman–Crippen LogP) is 1.77. The Balaban J connectivity index is 2.80. The number of carbonyl (C=O) groups excluding carboxylic acids is 1. The van der Waals surface area contributed by atoms with E-state index in [4.69, 9.17) is 5.73 Å². The fourth-order valence-electron chi connectivity index (χ4n) is 1.79. The van der Waals surface area contributed by atoms with Crippen molar-refractivity contribution < 1.29 is 4.79 Å². The molecule has 0 fully saturated rings. The van der Waals surface area contributed by atoms with Crippen LogP contribution >= 0.6 is 0 Å². The molecule has 16 heavy (non-hydrogen) atoms. The summed E-state index contributed by atoms with van der Waals surface area (Å²) in [5.41, 5.74) is 8.26. The number of hydrogen-bond acceptors (Lipinski definition) is 2. The Kier molecular flexibility index (Phi) is 4.50. The van der Waals surface area contributed by atoms with Gasteiger partial charge in [-0.05, 0) is 44.9 Å². The second-order valence-corrected chi connectivity index (χ2v) is 4.22.